The van der Waals surface area contributed by atoms with Crippen LogP contribution in [0, 0.1) is 0 Å². The summed E-state index contributed by atoms with van der Waals surface area (Å²) in [6.45, 7) is 0.0563. The van der Waals surface area contributed by atoms with E-state index in [2.05, 4.69) is 10.7 Å². The summed E-state index contributed by atoms with van der Waals surface area (Å²) in [6.07, 6.45) is -0.912. The monoisotopic (exact) mass is 489 g/mol. The lowest BCUT2D eigenvalue weighted by Crippen LogP contribution is -2.49. The van der Waals surface area contributed by atoms with E-state index in [1.165, 1.54) is 0 Å². The number of carbonyl (C=O) groups excluding carboxylic acids is 3. The lowest BCUT2D eigenvalue weighted by Gasteiger charge is -2.17. The summed E-state index contributed by atoms with van der Waals surface area (Å²) >= 11 is 0. The minimum absolute atomic E-state index is 0.0225. The normalized spacial score (nSPS) is 12.6. The highest BCUT2D eigenvalue weighted by molar-refractivity contribution is 6.31. The fraction of sp³-hybridized carbons (Fsp3) is 0.154. The number of benzene rings is 3. The van der Waals surface area contributed by atoms with Crippen molar-refractivity contribution in [1.29, 1.82) is 0 Å². The molecule has 0 unspecified atom stereocenters. The van der Waals surface area contributed by atoms with Gasteiger partial charge in [-0.1, -0.05) is 84.5 Å². The third-order valence-electron chi connectivity index (χ3n) is 5.72. The fourth-order valence-corrected chi connectivity index (χ4v) is 4.09. The minimum atomic E-state index is -1.74. The number of hydrogen-bond donors (Lipinski definition) is 4. The van der Waals surface area contributed by atoms with Crippen LogP contribution in [0.5, 0.6) is 0 Å². The molecular weight excluding hydrogens is 466 g/mol. The summed E-state index contributed by atoms with van der Waals surface area (Å²) in [5.41, 5.74) is 9.01. The zero-order chi connectivity index (χ0) is 25.5. The number of aliphatic carboxylic acids is 1. The molecule has 2 amide bonds. The van der Waals surface area contributed by atoms with Crippen molar-refractivity contribution in [2.24, 2.45) is 0 Å². The van der Waals surface area contributed by atoms with Crippen molar-refractivity contribution in [3.05, 3.63) is 95.6 Å². The molecule has 1 atom stereocenters. The van der Waals surface area contributed by atoms with E-state index in [1.807, 2.05) is 54.1 Å². The molecule has 0 aromatic heterocycles. The van der Waals surface area contributed by atoms with E-state index < -0.39 is 30.0 Å². The van der Waals surface area contributed by atoms with Crippen LogP contribution >= 0.6 is 0 Å². The number of carbonyl (C=O) groups is 4. The summed E-state index contributed by atoms with van der Waals surface area (Å²) in [4.78, 5) is 51.9. The summed E-state index contributed by atoms with van der Waals surface area (Å²) in [7, 11) is 0. The van der Waals surface area contributed by atoms with Gasteiger partial charge in [0.25, 0.3) is 0 Å². The quantitative estimate of drug-likeness (QED) is 0.279. The van der Waals surface area contributed by atoms with Crippen molar-refractivity contribution in [2.75, 3.05) is 6.61 Å². The molecule has 10 heteroatoms. The molecule has 0 radical (unpaired) electrons. The number of hydrogen-bond acceptors (Lipinski definition) is 7. The number of nitrogens with one attached hydrogen (secondary N) is 3. The third-order valence-corrected chi connectivity index (χ3v) is 5.72. The van der Waals surface area contributed by atoms with Gasteiger partial charge < -0.3 is 20.0 Å². The second-order valence-electron chi connectivity index (χ2n) is 7.99. The van der Waals surface area contributed by atoms with E-state index in [9.17, 15) is 19.2 Å². The lowest BCUT2D eigenvalue weighted by atomic mass is 9.98. The van der Waals surface area contributed by atoms with Crippen LogP contribution in [0.2, 0.25) is 0 Å². The minimum Gasteiger partial charge on any atom is -0.474 e. The molecule has 0 bridgehead atoms. The Morgan fingerprint density at radius 2 is 1.42 bits per heavy atom. The standard InChI is InChI=1S/C26H23N3O7/c30-23(24(31)32)27-22(14-16-8-2-1-3-9-16)25(33)36-29-28-26(34)35-15-21-19-12-6-4-10-17(19)18-11-5-7-13-20(18)21/h1-13,21-22,29H,14-15H2,(H,27,30)(H,28,34)(H,31,32)/t22-/m1/s1. The lowest BCUT2D eigenvalue weighted by molar-refractivity contribution is -0.158. The number of hydrazine groups is 1. The second-order valence-corrected chi connectivity index (χ2v) is 7.99. The molecule has 0 saturated carbocycles. The van der Waals surface area contributed by atoms with Gasteiger partial charge in [-0.05, 0) is 27.8 Å². The molecule has 4 N–H and O–H groups in total. The Morgan fingerprint density at radius 1 is 0.833 bits per heavy atom. The Morgan fingerprint density at radius 3 is 2.03 bits per heavy atom. The maximum atomic E-state index is 12.4. The summed E-state index contributed by atoms with van der Waals surface area (Å²) in [6, 6.07) is 23.1. The van der Waals surface area contributed by atoms with E-state index in [0.29, 0.717) is 5.56 Å². The van der Waals surface area contributed by atoms with E-state index in [4.69, 9.17) is 14.7 Å². The van der Waals surface area contributed by atoms with E-state index in [0.717, 1.165) is 22.3 Å². The van der Waals surface area contributed by atoms with E-state index in [1.54, 1.807) is 30.3 Å². The van der Waals surface area contributed by atoms with Crippen molar-refractivity contribution in [2.45, 2.75) is 18.4 Å². The number of ether oxygens (including phenoxy) is 1. The maximum Gasteiger partial charge on any atom is 0.424 e. The van der Waals surface area contributed by atoms with Crippen LogP contribution in [-0.2, 0) is 30.4 Å². The Labute approximate surface area is 206 Å². The molecule has 3 aromatic rings. The van der Waals surface area contributed by atoms with E-state index in [-0.39, 0.29) is 18.9 Å². The van der Waals surface area contributed by atoms with Crippen LogP contribution in [0.3, 0.4) is 0 Å². The molecule has 4 rings (SSSR count). The van der Waals surface area contributed by atoms with Crippen LogP contribution in [0.15, 0.2) is 78.9 Å². The van der Waals surface area contributed by atoms with Crippen molar-refractivity contribution in [1.82, 2.24) is 16.3 Å². The van der Waals surface area contributed by atoms with Gasteiger partial charge in [0.2, 0.25) is 0 Å². The first-order chi connectivity index (χ1) is 17.4. The average molecular weight is 489 g/mol. The van der Waals surface area contributed by atoms with Crippen molar-refractivity contribution in [3.8, 4) is 11.1 Å². The summed E-state index contributed by atoms with van der Waals surface area (Å²) in [5, 5.41) is 10.9. The summed E-state index contributed by atoms with van der Waals surface area (Å²) < 4.78 is 5.32. The number of fused-ring (bicyclic) bond motifs is 3. The fourth-order valence-electron chi connectivity index (χ4n) is 4.09. The third kappa shape index (κ3) is 5.68. The molecule has 0 saturated heterocycles. The highest BCUT2D eigenvalue weighted by Gasteiger charge is 2.29. The molecule has 184 valence electrons. The highest BCUT2D eigenvalue weighted by atomic mass is 16.7. The first-order valence-electron chi connectivity index (χ1n) is 11.1. The van der Waals surface area contributed by atoms with Gasteiger partial charge in [0.15, 0.2) is 0 Å². The molecule has 3 aromatic carbocycles. The van der Waals surface area contributed by atoms with Crippen LogP contribution in [0.4, 0.5) is 4.79 Å². The first kappa shape index (κ1) is 24.4. The molecule has 0 spiro atoms. The first-order valence-corrected chi connectivity index (χ1v) is 11.1. The van der Waals surface area contributed by atoms with Gasteiger partial charge in [-0.2, -0.15) is 0 Å². The summed E-state index contributed by atoms with van der Waals surface area (Å²) in [5.74, 6) is -4.26. The van der Waals surface area contributed by atoms with Crippen molar-refractivity contribution in [3.63, 3.8) is 0 Å². The maximum absolute atomic E-state index is 12.4. The van der Waals surface area contributed by atoms with Gasteiger partial charge in [-0.15, -0.1) is 0 Å². The molecule has 36 heavy (non-hydrogen) atoms. The van der Waals surface area contributed by atoms with Gasteiger partial charge >= 0.3 is 23.9 Å². The Hall–Kier alpha value is -4.70. The Kier molecular flexibility index (Phi) is 7.57. The van der Waals surface area contributed by atoms with Gasteiger partial charge in [0.1, 0.15) is 12.6 Å². The zero-order valence-electron chi connectivity index (χ0n) is 19.0. The van der Waals surface area contributed by atoms with Crippen LogP contribution in [0.25, 0.3) is 11.1 Å². The second kappa shape index (κ2) is 11.2. The van der Waals surface area contributed by atoms with Gasteiger partial charge in [0, 0.05) is 12.3 Å². The van der Waals surface area contributed by atoms with Crippen molar-refractivity contribution >= 4 is 23.9 Å². The highest BCUT2D eigenvalue weighted by Crippen LogP contribution is 2.44. The number of rotatable bonds is 8. The van der Waals surface area contributed by atoms with Crippen LogP contribution < -0.4 is 16.3 Å². The molecular formula is C26H23N3O7. The topological polar surface area (TPSA) is 143 Å². The van der Waals surface area contributed by atoms with E-state index >= 15 is 0 Å². The predicted molar refractivity (Wildman–Crippen MR) is 127 cm³/mol. The van der Waals surface area contributed by atoms with Crippen LogP contribution in [0.1, 0.15) is 22.6 Å². The number of carboxylic acids is 1. The van der Waals surface area contributed by atoms with Gasteiger partial charge in [0.05, 0.1) is 0 Å². The molecule has 0 heterocycles. The molecule has 10 nitrogen and oxygen atoms in total. The molecule has 1 aliphatic rings. The van der Waals surface area contributed by atoms with Crippen LogP contribution in [-0.4, -0.2) is 41.7 Å². The molecule has 0 fully saturated rings. The number of amides is 2. The SMILES string of the molecule is O=C(NNOC(=O)[C@@H](Cc1ccccc1)NC(=O)C(=O)O)OCC1c2ccccc2-c2ccccc21. The molecule has 1 aliphatic carbocycles. The van der Waals surface area contributed by atoms with Gasteiger partial charge in [-0.3, -0.25) is 4.79 Å². The Balaban J connectivity index is 1.30. The average Bonchev–Trinajstić information content (AvgIpc) is 3.21. The number of carboxylic acid groups (broad SMARTS) is 1. The zero-order valence-corrected chi connectivity index (χ0v) is 19.0. The van der Waals surface area contributed by atoms with Crippen molar-refractivity contribution < 1.29 is 33.9 Å². The molecule has 0 aliphatic heterocycles. The largest absolute Gasteiger partial charge is 0.474 e. The Bertz CT molecular complexity index is 1230. The smallest absolute Gasteiger partial charge is 0.424 e. The van der Waals surface area contributed by atoms with Gasteiger partial charge in [-0.25, -0.2) is 19.8 Å². The predicted octanol–water partition coefficient (Wildman–Crippen LogP) is 2.30.